The van der Waals surface area contributed by atoms with E-state index in [-0.39, 0.29) is 48.3 Å². The Balaban J connectivity index is 2.05. The van der Waals surface area contributed by atoms with Gasteiger partial charge in [-0.3, -0.25) is 14.4 Å². The van der Waals surface area contributed by atoms with Crippen LogP contribution in [0.4, 0.5) is 0 Å². The van der Waals surface area contributed by atoms with Crippen LogP contribution >= 0.6 is 11.6 Å². The molecule has 3 amide bonds. The minimum Gasteiger partial charge on any atom is -0.394 e. The largest absolute Gasteiger partial charge is 0.394 e. The molecular formula is C21H23ClN6O4. The molecule has 0 radical (unpaired) electrons. The van der Waals surface area contributed by atoms with Crippen molar-refractivity contribution in [3.05, 3.63) is 53.6 Å². The van der Waals surface area contributed by atoms with Gasteiger partial charge in [-0.25, -0.2) is 15.0 Å². The Kier molecular flexibility index (Phi) is 7.16. The van der Waals surface area contributed by atoms with Crippen LogP contribution in [0.3, 0.4) is 0 Å². The molecule has 0 aromatic carbocycles. The normalized spacial score (nSPS) is 18.2. The number of carbonyl (C=O) groups is 3. The smallest absolute Gasteiger partial charge is 0.269 e. The number of amides is 3. The molecule has 1 aliphatic rings. The first-order chi connectivity index (χ1) is 15.3. The van der Waals surface area contributed by atoms with E-state index in [0.29, 0.717) is 17.0 Å². The molecule has 0 unspecified atom stereocenters. The molecule has 1 fully saturated rings. The Morgan fingerprint density at radius 2 is 1.97 bits per heavy atom. The van der Waals surface area contributed by atoms with Gasteiger partial charge in [0, 0.05) is 27.1 Å². The Bertz CT molecular complexity index is 1060. The number of aliphatic hydroxyl groups excluding tert-OH is 1. The molecule has 32 heavy (non-hydrogen) atoms. The lowest BCUT2D eigenvalue weighted by Crippen LogP contribution is -2.58. The molecule has 0 aliphatic carbocycles. The number of pyridine rings is 1. The van der Waals surface area contributed by atoms with Gasteiger partial charge < -0.3 is 20.2 Å². The maximum atomic E-state index is 12.4. The fourth-order valence-electron chi connectivity index (χ4n) is 3.65. The third-order valence-electron chi connectivity index (χ3n) is 5.26. The molecule has 2 N–H and O–H groups in total. The lowest BCUT2D eigenvalue weighted by atomic mass is 9.98. The fraction of sp³-hybridized carbons (Fsp3) is 0.333. The Labute approximate surface area is 189 Å². The quantitative estimate of drug-likeness (QED) is 0.501. The minimum absolute atomic E-state index is 0.142. The average Bonchev–Trinajstić information content (AvgIpc) is 2.81. The van der Waals surface area contributed by atoms with Crippen LogP contribution in [-0.2, 0) is 9.59 Å². The first-order valence-corrected chi connectivity index (χ1v) is 10.2. The van der Waals surface area contributed by atoms with Crippen LogP contribution in [0.25, 0.3) is 11.4 Å². The van der Waals surface area contributed by atoms with Crippen molar-refractivity contribution < 1.29 is 19.5 Å². The number of piperazine rings is 1. The molecule has 11 heteroatoms. The number of nitrogens with one attached hydrogen (secondary N) is 1. The van der Waals surface area contributed by atoms with Gasteiger partial charge in [-0.2, -0.15) is 0 Å². The highest BCUT2D eigenvalue weighted by Gasteiger charge is 2.37. The molecule has 0 saturated carbocycles. The topological polar surface area (TPSA) is 129 Å². The lowest BCUT2D eigenvalue weighted by molar-refractivity contribution is -0.144. The second kappa shape index (κ2) is 9.84. The van der Waals surface area contributed by atoms with E-state index in [0.717, 1.165) is 0 Å². The van der Waals surface area contributed by atoms with Crippen LogP contribution in [0.5, 0.6) is 0 Å². The van der Waals surface area contributed by atoms with E-state index in [2.05, 4.69) is 26.8 Å². The molecule has 1 saturated heterocycles. The first kappa shape index (κ1) is 23.3. The van der Waals surface area contributed by atoms with Crippen LogP contribution in [0, 0.1) is 0 Å². The summed E-state index contributed by atoms with van der Waals surface area (Å²) < 4.78 is 0. The number of aromatic nitrogens is 3. The summed E-state index contributed by atoms with van der Waals surface area (Å²) in [6, 6.07) is 3.73. The van der Waals surface area contributed by atoms with Crippen molar-refractivity contribution in [3.8, 4) is 11.4 Å². The van der Waals surface area contributed by atoms with Gasteiger partial charge >= 0.3 is 0 Å². The lowest BCUT2D eigenvalue weighted by Gasteiger charge is -2.45. The van der Waals surface area contributed by atoms with Gasteiger partial charge in [0.25, 0.3) is 5.91 Å². The summed E-state index contributed by atoms with van der Waals surface area (Å²) in [6.07, 6.45) is 2.43. The molecule has 0 spiro atoms. The molecule has 168 valence electrons. The van der Waals surface area contributed by atoms with E-state index in [1.807, 2.05) is 0 Å². The van der Waals surface area contributed by atoms with E-state index < -0.39 is 12.1 Å². The maximum Gasteiger partial charge on any atom is 0.269 e. The third kappa shape index (κ3) is 4.76. The third-order valence-corrected chi connectivity index (χ3v) is 5.45. The van der Waals surface area contributed by atoms with Gasteiger partial charge in [0.05, 0.1) is 30.1 Å². The Hall–Kier alpha value is -3.37. The highest BCUT2D eigenvalue weighted by atomic mass is 35.5. The van der Waals surface area contributed by atoms with Gasteiger partial charge in [-0.05, 0) is 29.8 Å². The number of nitrogens with zero attached hydrogens (tertiary/aromatic N) is 5. The van der Waals surface area contributed by atoms with Crippen LogP contribution in [0.2, 0.25) is 5.15 Å². The SMILES string of the molecule is C=CC(=O)N1C[C@@H](c2cc(Cl)nc(-c3cc(C(=O)NC)ncn3)c2)N(C(C)=O)C[C@@H]1CO. The zero-order valence-corrected chi connectivity index (χ0v) is 18.4. The predicted molar refractivity (Wildman–Crippen MR) is 117 cm³/mol. The highest BCUT2D eigenvalue weighted by molar-refractivity contribution is 6.29. The van der Waals surface area contributed by atoms with E-state index in [9.17, 15) is 19.5 Å². The van der Waals surface area contributed by atoms with Crippen molar-refractivity contribution in [3.63, 3.8) is 0 Å². The molecule has 10 nitrogen and oxygen atoms in total. The summed E-state index contributed by atoms with van der Waals surface area (Å²) in [6.45, 7) is 4.95. The second-order valence-corrected chi connectivity index (χ2v) is 7.58. The van der Waals surface area contributed by atoms with Crippen LogP contribution < -0.4 is 5.32 Å². The van der Waals surface area contributed by atoms with Crippen molar-refractivity contribution in [2.45, 2.75) is 19.0 Å². The van der Waals surface area contributed by atoms with Crippen LogP contribution in [0.15, 0.2) is 37.2 Å². The number of aliphatic hydroxyl groups is 1. The molecule has 2 atom stereocenters. The van der Waals surface area contributed by atoms with Crippen molar-refractivity contribution in [1.29, 1.82) is 0 Å². The van der Waals surface area contributed by atoms with Crippen LogP contribution in [0.1, 0.15) is 29.0 Å². The zero-order chi connectivity index (χ0) is 23.4. The standard InChI is InChI=1S/C21H23ClN6O4/c1-4-20(31)28-9-18(27(12(2)30)8-14(28)10-29)13-5-16(26-19(22)6-13)15-7-17(21(32)23-3)25-11-24-15/h4-7,11,14,18,29H,1,8-10H2,2-3H3,(H,23,32)/t14-,18+/m1/s1. The summed E-state index contributed by atoms with van der Waals surface area (Å²) in [5, 5.41) is 12.4. The monoisotopic (exact) mass is 458 g/mol. The molecule has 3 rings (SSSR count). The summed E-state index contributed by atoms with van der Waals surface area (Å²) in [5.74, 6) is -0.930. The number of halogens is 1. The number of hydrogen-bond donors (Lipinski definition) is 2. The van der Waals surface area contributed by atoms with Gasteiger partial charge in [0.2, 0.25) is 11.8 Å². The van der Waals surface area contributed by atoms with Crippen LogP contribution in [-0.4, -0.2) is 80.4 Å². The van der Waals surface area contributed by atoms with E-state index in [1.165, 1.54) is 37.3 Å². The second-order valence-electron chi connectivity index (χ2n) is 7.19. The van der Waals surface area contributed by atoms with Gasteiger partial charge in [0.1, 0.15) is 17.2 Å². The maximum absolute atomic E-state index is 12.4. The van der Waals surface area contributed by atoms with Crippen molar-refractivity contribution in [1.82, 2.24) is 30.1 Å². The number of carbonyl (C=O) groups excluding carboxylic acids is 3. The zero-order valence-electron chi connectivity index (χ0n) is 17.7. The summed E-state index contributed by atoms with van der Waals surface area (Å²) in [5.41, 5.74) is 1.56. The predicted octanol–water partition coefficient (Wildman–Crippen LogP) is 0.830. The van der Waals surface area contributed by atoms with Gasteiger partial charge in [-0.1, -0.05) is 18.2 Å². The van der Waals surface area contributed by atoms with E-state index in [1.54, 1.807) is 17.0 Å². The summed E-state index contributed by atoms with van der Waals surface area (Å²) >= 11 is 6.28. The molecule has 3 heterocycles. The summed E-state index contributed by atoms with van der Waals surface area (Å²) in [4.78, 5) is 52.2. The average molecular weight is 459 g/mol. The molecule has 2 aromatic rings. The van der Waals surface area contributed by atoms with Crippen molar-refractivity contribution in [2.75, 3.05) is 26.7 Å². The summed E-state index contributed by atoms with van der Waals surface area (Å²) in [7, 11) is 1.50. The molecule has 0 bridgehead atoms. The number of rotatable bonds is 5. The van der Waals surface area contributed by atoms with E-state index in [4.69, 9.17) is 11.6 Å². The van der Waals surface area contributed by atoms with Crippen molar-refractivity contribution >= 4 is 29.3 Å². The number of hydrogen-bond acceptors (Lipinski definition) is 7. The molecule has 1 aliphatic heterocycles. The first-order valence-electron chi connectivity index (χ1n) is 9.82. The molecular weight excluding hydrogens is 436 g/mol. The Morgan fingerprint density at radius 1 is 1.22 bits per heavy atom. The molecule has 2 aromatic heterocycles. The Morgan fingerprint density at radius 3 is 2.59 bits per heavy atom. The van der Waals surface area contributed by atoms with E-state index >= 15 is 0 Å². The van der Waals surface area contributed by atoms with Gasteiger partial charge in [0.15, 0.2) is 0 Å². The fourth-order valence-corrected chi connectivity index (χ4v) is 3.87. The minimum atomic E-state index is -0.547. The van der Waals surface area contributed by atoms with Crippen molar-refractivity contribution in [2.24, 2.45) is 0 Å². The highest BCUT2D eigenvalue weighted by Crippen LogP contribution is 2.32. The van der Waals surface area contributed by atoms with Gasteiger partial charge in [-0.15, -0.1) is 0 Å².